The Labute approximate surface area is 147 Å². The second-order valence-corrected chi connectivity index (χ2v) is 7.02. The molecule has 1 aromatic rings. The van der Waals surface area contributed by atoms with Gasteiger partial charge in [0.1, 0.15) is 0 Å². The van der Waals surface area contributed by atoms with Crippen LogP contribution in [-0.4, -0.2) is 48.1 Å². The maximum atomic E-state index is 12.9. The summed E-state index contributed by atoms with van der Waals surface area (Å²) in [6.07, 6.45) is 4.29. The van der Waals surface area contributed by atoms with Gasteiger partial charge in [0.15, 0.2) is 0 Å². The van der Waals surface area contributed by atoms with Gasteiger partial charge in [0.05, 0.1) is 10.6 Å². The Morgan fingerprint density at radius 2 is 2.08 bits per heavy atom. The Kier molecular flexibility index (Phi) is 5.41. The third-order valence-electron chi connectivity index (χ3n) is 4.88. The third-order valence-corrected chi connectivity index (χ3v) is 5.21. The fourth-order valence-electron chi connectivity index (χ4n) is 3.50. The normalized spacial score (nSPS) is 21.9. The lowest BCUT2D eigenvalue weighted by Gasteiger charge is -2.25. The average Bonchev–Trinajstić information content (AvgIpc) is 2.87. The van der Waals surface area contributed by atoms with E-state index in [0.717, 1.165) is 31.4 Å². The molecule has 1 unspecified atom stereocenters. The van der Waals surface area contributed by atoms with Gasteiger partial charge in [-0.25, -0.2) is 0 Å². The fourth-order valence-corrected chi connectivity index (χ4v) is 3.70. The largest absolute Gasteiger partial charge is 0.396 e. The SMILES string of the molecule is O=C(c1cc(N2CCCC2=O)ccc1Cl)N1CCCCC(CO)C1. The lowest BCUT2D eigenvalue weighted by atomic mass is 10.0. The summed E-state index contributed by atoms with van der Waals surface area (Å²) >= 11 is 6.26. The number of aliphatic hydroxyl groups is 1. The molecular weight excluding hydrogens is 328 g/mol. The van der Waals surface area contributed by atoms with E-state index in [0.29, 0.717) is 36.6 Å². The van der Waals surface area contributed by atoms with Crippen molar-refractivity contribution in [1.82, 2.24) is 4.90 Å². The molecule has 3 rings (SSSR count). The maximum absolute atomic E-state index is 12.9. The summed E-state index contributed by atoms with van der Waals surface area (Å²) in [5.41, 5.74) is 1.17. The van der Waals surface area contributed by atoms with Crippen molar-refractivity contribution in [3.8, 4) is 0 Å². The van der Waals surface area contributed by atoms with E-state index in [9.17, 15) is 14.7 Å². The minimum atomic E-state index is -0.117. The van der Waals surface area contributed by atoms with Crippen molar-refractivity contribution in [2.24, 2.45) is 5.92 Å². The van der Waals surface area contributed by atoms with Crippen molar-refractivity contribution in [2.75, 3.05) is 31.1 Å². The number of rotatable bonds is 3. The monoisotopic (exact) mass is 350 g/mol. The van der Waals surface area contributed by atoms with Gasteiger partial charge >= 0.3 is 0 Å². The first-order valence-corrected chi connectivity index (χ1v) is 8.98. The Morgan fingerprint density at radius 1 is 1.25 bits per heavy atom. The number of nitrogens with zero attached hydrogens (tertiary/aromatic N) is 2. The second kappa shape index (κ2) is 7.53. The Bertz CT molecular complexity index is 635. The number of aliphatic hydroxyl groups excluding tert-OH is 1. The van der Waals surface area contributed by atoms with Crippen LogP contribution >= 0.6 is 11.6 Å². The summed E-state index contributed by atoms with van der Waals surface area (Å²) < 4.78 is 0. The van der Waals surface area contributed by atoms with Crippen LogP contribution in [-0.2, 0) is 4.79 Å². The van der Waals surface area contributed by atoms with E-state index in [1.54, 1.807) is 28.0 Å². The predicted octanol–water partition coefficient (Wildman–Crippen LogP) is 2.70. The van der Waals surface area contributed by atoms with Crippen molar-refractivity contribution >= 4 is 29.1 Å². The highest BCUT2D eigenvalue weighted by molar-refractivity contribution is 6.34. The molecule has 2 aliphatic rings. The number of hydrogen-bond acceptors (Lipinski definition) is 3. The number of anilines is 1. The molecule has 2 amide bonds. The van der Waals surface area contributed by atoms with Crippen LogP contribution in [0.1, 0.15) is 42.5 Å². The van der Waals surface area contributed by atoms with Gasteiger partial charge in [-0.05, 0) is 43.4 Å². The number of carbonyl (C=O) groups is 2. The molecule has 2 aliphatic heterocycles. The van der Waals surface area contributed by atoms with Crippen LogP contribution in [0.2, 0.25) is 5.02 Å². The summed E-state index contributed by atoms with van der Waals surface area (Å²) in [4.78, 5) is 28.4. The van der Waals surface area contributed by atoms with Gasteiger partial charge in [0, 0.05) is 38.3 Å². The van der Waals surface area contributed by atoms with E-state index < -0.39 is 0 Å². The molecule has 0 saturated carbocycles. The standard InChI is InChI=1S/C18H23ClN2O3/c19-16-7-6-14(21-9-3-5-17(21)23)10-15(16)18(24)20-8-2-1-4-13(11-20)12-22/h6-7,10,13,22H,1-5,8-9,11-12H2. The zero-order valence-electron chi connectivity index (χ0n) is 13.7. The number of likely N-dealkylation sites (tertiary alicyclic amines) is 1. The lowest BCUT2D eigenvalue weighted by molar-refractivity contribution is -0.117. The van der Waals surface area contributed by atoms with Crippen molar-refractivity contribution in [3.05, 3.63) is 28.8 Å². The highest BCUT2D eigenvalue weighted by Gasteiger charge is 2.26. The molecule has 0 bridgehead atoms. The molecule has 1 atom stereocenters. The Hall–Kier alpha value is -1.59. The minimum Gasteiger partial charge on any atom is -0.396 e. The van der Waals surface area contributed by atoms with E-state index >= 15 is 0 Å². The molecule has 2 saturated heterocycles. The quantitative estimate of drug-likeness (QED) is 0.911. The van der Waals surface area contributed by atoms with Crippen molar-refractivity contribution < 1.29 is 14.7 Å². The predicted molar refractivity (Wildman–Crippen MR) is 93.4 cm³/mol. The molecule has 24 heavy (non-hydrogen) atoms. The zero-order chi connectivity index (χ0) is 17.1. The van der Waals surface area contributed by atoms with E-state index in [1.807, 2.05) is 0 Å². The fraction of sp³-hybridized carbons (Fsp3) is 0.556. The van der Waals surface area contributed by atoms with Gasteiger partial charge in [-0.15, -0.1) is 0 Å². The molecule has 0 aliphatic carbocycles. The summed E-state index contributed by atoms with van der Waals surface area (Å²) in [5.74, 6) is 0.0956. The molecular formula is C18H23ClN2O3. The van der Waals surface area contributed by atoms with E-state index in [-0.39, 0.29) is 24.3 Å². The van der Waals surface area contributed by atoms with Gasteiger partial charge in [0.25, 0.3) is 5.91 Å². The van der Waals surface area contributed by atoms with Crippen LogP contribution < -0.4 is 4.90 Å². The topological polar surface area (TPSA) is 60.9 Å². The van der Waals surface area contributed by atoms with Crippen LogP contribution in [0.4, 0.5) is 5.69 Å². The summed E-state index contributed by atoms with van der Waals surface area (Å²) in [7, 11) is 0. The minimum absolute atomic E-state index is 0.0887. The molecule has 6 heteroatoms. The van der Waals surface area contributed by atoms with E-state index in [2.05, 4.69) is 0 Å². The number of amides is 2. The zero-order valence-corrected chi connectivity index (χ0v) is 14.5. The first kappa shape index (κ1) is 17.2. The number of hydrogen-bond donors (Lipinski definition) is 1. The molecule has 5 nitrogen and oxygen atoms in total. The summed E-state index contributed by atoms with van der Waals surface area (Å²) in [5, 5.41) is 9.85. The molecule has 0 spiro atoms. The highest BCUT2D eigenvalue weighted by Crippen LogP contribution is 2.28. The number of carbonyl (C=O) groups excluding carboxylic acids is 2. The number of benzene rings is 1. The highest BCUT2D eigenvalue weighted by atomic mass is 35.5. The van der Waals surface area contributed by atoms with Gasteiger partial charge in [-0.1, -0.05) is 18.0 Å². The summed E-state index contributed by atoms with van der Waals surface area (Å²) in [6.45, 7) is 2.02. The van der Waals surface area contributed by atoms with Crippen LogP contribution in [0.3, 0.4) is 0 Å². The Balaban J connectivity index is 1.84. The summed E-state index contributed by atoms with van der Waals surface area (Å²) in [6, 6.07) is 5.21. The van der Waals surface area contributed by atoms with Gasteiger partial charge in [-0.3, -0.25) is 9.59 Å². The van der Waals surface area contributed by atoms with Crippen molar-refractivity contribution in [1.29, 1.82) is 0 Å². The van der Waals surface area contributed by atoms with Gasteiger partial charge in [-0.2, -0.15) is 0 Å². The molecule has 1 N–H and O–H groups in total. The third kappa shape index (κ3) is 3.57. The molecule has 0 radical (unpaired) electrons. The van der Waals surface area contributed by atoms with Crippen LogP contribution in [0, 0.1) is 5.92 Å². The molecule has 0 aromatic heterocycles. The average molecular weight is 351 g/mol. The van der Waals surface area contributed by atoms with Crippen LogP contribution in [0.25, 0.3) is 0 Å². The smallest absolute Gasteiger partial charge is 0.255 e. The Morgan fingerprint density at radius 3 is 2.79 bits per heavy atom. The maximum Gasteiger partial charge on any atom is 0.255 e. The molecule has 2 heterocycles. The van der Waals surface area contributed by atoms with Gasteiger partial charge in [0.2, 0.25) is 5.91 Å². The van der Waals surface area contributed by atoms with Crippen molar-refractivity contribution in [3.63, 3.8) is 0 Å². The molecule has 2 fully saturated rings. The van der Waals surface area contributed by atoms with Crippen LogP contribution in [0.15, 0.2) is 18.2 Å². The first-order chi connectivity index (χ1) is 11.6. The molecule has 1 aromatic carbocycles. The first-order valence-electron chi connectivity index (χ1n) is 8.60. The molecule has 130 valence electrons. The number of halogens is 1. The second-order valence-electron chi connectivity index (χ2n) is 6.61. The lowest BCUT2D eigenvalue weighted by Crippen LogP contribution is -2.35. The van der Waals surface area contributed by atoms with E-state index in [1.165, 1.54) is 0 Å². The van der Waals surface area contributed by atoms with Crippen molar-refractivity contribution in [2.45, 2.75) is 32.1 Å². The van der Waals surface area contributed by atoms with Crippen LogP contribution in [0.5, 0.6) is 0 Å². The van der Waals surface area contributed by atoms with E-state index in [4.69, 9.17) is 11.6 Å². The van der Waals surface area contributed by atoms with Gasteiger partial charge < -0.3 is 14.9 Å².